The van der Waals surface area contributed by atoms with Crippen molar-refractivity contribution in [3.63, 3.8) is 0 Å². The van der Waals surface area contributed by atoms with Crippen molar-refractivity contribution in [2.24, 2.45) is 11.8 Å². The van der Waals surface area contributed by atoms with Gasteiger partial charge in [0, 0.05) is 24.8 Å². The number of aromatic nitrogens is 1. The van der Waals surface area contributed by atoms with Gasteiger partial charge in [-0.25, -0.2) is 4.98 Å². The van der Waals surface area contributed by atoms with Crippen molar-refractivity contribution >= 4 is 11.7 Å². The highest BCUT2D eigenvalue weighted by molar-refractivity contribution is 5.94. The van der Waals surface area contributed by atoms with Crippen LogP contribution in [0.15, 0.2) is 18.3 Å². The van der Waals surface area contributed by atoms with Crippen molar-refractivity contribution < 1.29 is 4.79 Å². The van der Waals surface area contributed by atoms with Gasteiger partial charge in [-0.15, -0.1) is 0 Å². The molecule has 0 bridgehead atoms. The maximum Gasteiger partial charge on any atom is 0.251 e. The van der Waals surface area contributed by atoms with E-state index in [0.717, 1.165) is 24.8 Å². The molecule has 1 saturated carbocycles. The van der Waals surface area contributed by atoms with Gasteiger partial charge in [-0.3, -0.25) is 4.79 Å². The summed E-state index contributed by atoms with van der Waals surface area (Å²) in [6, 6.07) is 3.54. The molecule has 1 amide bonds. The summed E-state index contributed by atoms with van der Waals surface area (Å²) in [4.78, 5) is 16.1. The maximum absolute atomic E-state index is 12.0. The van der Waals surface area contributed by atoms with Gasteiger partial charge >= 0.3 is 0 Å². The first-order valence-electron chi connectivity index (χ1n) is 6.68. The summed E-state index contributed by atoms with van der Waals surface area (Å²) in [7, 11) is 0. The van der Waals surface area contributed by atoms with E-state index in [1.165, 1.54) is 12.8 Å². The largest absolute Gasteiger partial charge is 0.370 e. The Morgan fingerprint density at radius 2 is 2.33 bits per heavy atom. The molecule has 1 fully saturated rings. The number of anilines is 1. The van der Waals surface area contributed by atoms with Gasteiger partial charge in [-0.05, 0) is 43.7 Å². The van der Waals surface area contributed by atoms with Gasteiger partial charge in [0.25, 0.3) is 5.91 Å². The van der Waals surface area contributed by atoms with Gasteiger partial charge in [-0.1, -0.05) is 6.92 Å². The molecule has 1 aliphatic carbocycles. The summed E-state index contributed by atoms with van der Waals surface area (Å²) >= 11 is 0. The van der Waals surface area contributed by atoms with Crippen LogP contribution >= 0.6 is 0 Å². The predicted octanol–water partition coefficient (Wildman–Crippen LogP) is 2.29. The first kappa shape index (κ1) is 12.9. The molecule has 0 saturated heterocycles. The number of amides is 1. The van der Waals surface area contributed by atoms with Crippen LogP contribution in [0.4, 0.5) is 5.82 Å². The topological polar surface area (TPSA) is 54.0 Å². The maximum atomic E-state index is 12.0. The second kappa shape index (κ2) is 5.85. The average molecular weight is 247 g/mol. The van der Waals surface area contributed by atoms with Gasteiger partial charge in [0.1, 0.15) is 5.82 Å². The fourth-order valence-electron chi connectivity index (χ4n) is 2.04. The van der Waals surface area contributed by atoms with E-state index in [2.05, 4.69) is 22.5 Å². The standard InChI is InChI=1S/C14H21N3O/c1-3-15-13-8-12(6-7-16-13)14(18)17-9-10(2)11-4-5-11/h6-8,10-11H,3-5,9H2,1-2H3,(H,15,16)(H,17,18). The highest BCUT2D eigenvalue weighted by Gasteiger charge is 2.27. The van der Waals surface area contributed by atoms with E-state index in [0.29, 0.717) is 11.5 Å². The van der Waals surface area contributed by atoms with E-state index in [9.17, 15) is 4.79 Å². The highest BCUT2D eigenvalue weighted by Crippen LogP contribution is 2.36. The van der Waals surface area contributed by atoms with Gasteiger partial charge in [0.05, 0.1) is 0 Å². The second-order valence-electron chi connectivity index (χ2n) is 4.98. The van der Waals surface area contributed by atoms with Crippen LogP contribution in [0.25, 0.3) is 0 Å². The number of rotatable bonds is 6. The van der Waals surface area contributed by atoms with Crippen molar-refractivity contribution in [1.82, 2.24) is 10.3 Å². The monoisotopic (exact) mass is 247 g/mol. The summed E-state index contributed by atoms with van der Waals surface area (Å²) in [5.74, 6) is 2.15. The van der Waals surface area contributed by atoms with Crippen LogP contribution in [-0.2, 0) is 0 Å². The van der Waals surface area contributed by atoms with Crippen molar-refractivity contribution in [3.05, 3.63) is 23.9 Å². The molecule has 18 heavy (non-hydrogen) atoms. The van der Waals surface area contributed by atoms with E-state index < -0.39 is 0 Å². The third-order valence-electron chi connectivity index (χ3n) is 3.39. The van der Waals surface area contributed by atoms with Gasteiger partial charge in [0.2, 0.25) is 0 Å². The zero-order chi connectivity index (χ0) is 13.0. The Hall–Kier alpha value is -1.58. The average Bonchev–Trinajstić information content (AvgIpc) is 3.20. The normalized spacial score (nSPS) is 16.1. The fourth-order valence-corrected chi connectivity index (χ4v) is 2.04. The lowest BCUT2D eigenvalue weighted by Crippen LogP contribution is -2.29. The summed E-state index contributed by atoms with van der Waals surface area (Å²) in [6.45, 7) is 5.78. The van der Waals surface area contributed by atoms with Crippen LogP contribution in [0, 0.1) is 11.8 Å². The summed E-state index contributed by atoms with van der Waals surface area (Å²) in [5.41, 5.74) is 0.670. The smallest absolute Gasteiger partial charge is 0.251 e. The molecule has 1 aromatic rings. The molecule has 1 unspecified atom stereocenters. The molecule has 4 nitrogen and oxygen atoms in total. The van der Waals surface area contributed by atoms with E-state index in [-0.39, 0.29) is 5.91 Å². The van der Waals surface area contributed by atoms with Crippen LogP contribution in [0.3, 0.4) is 0 Å². The van der Waals surface area contributed by atoms with Crippen LogP contribution in [0.2, 0.25) is 0 Å². The zero-order valence-corrected chi connectivity index (χ0v) is 11.1. The van der Waals surface area contributed by atoms with Crippen LogP contribution in [-0.4, -0.2) is 24.0 Å². The molecule has 1 atom stereocenters. The molecule has 4 heteroatoms. The fraction of sp³-hybridized carbons (Fsp3) is 0.571. The number of hydrogen-bond acceptors (Lipinski definition) is 3. The Labute approximate surface area is 108 Å². The predicted molar refractivity (Wildman–Crippen MR) is 72.6 cm³/mol. The Morgan fingerprint density at radius 1 is 1.56 bits per heavy atom. The van der Waals surface area contributed by atoms with Crippen molar-refractivity contribution in [3.8, 4) is 0 Å². The number of carbonyl (C=O) groups excluding carboxylic acids is 1. The number of nitrogens with zero attached hydrogens (tertiary/aromatic N) is 1. The SMILES string of the molecule is CCNc1cc(C(=O)NCC(C)C2CC2)ccn1. The lowest BCUT2D eigenvalue weighted by Gasteiger charge is -2.11. The Morgan fingerprint density at radius 3 is 3.00 bits per heavy atom. The van der Waals surface area contributed by atoms with Crippen LogP contribution < -0.4 is 10.6 Å². The molecule has 0 aromatic carbocycles. The summed E-state index contributed by atoms with van der Waals surface area (Å²) in [6.07, 6.45) is 4.30. The summed E-state index contributed by atoms with van der Waals surface area (Å²) in [5, 5.41) is 6.10. The summed E-state index contributed by atoms with van der Waals surface area (Å²) < 4.78 is 0. The second-order valence-corrected chi connectivity index (χ2v) is 4.98. The number of carbonyl (C=O) groups is 1. The molecule has 0 spiro atoms. The van der Waals surface area contributed by atoms with Crippen LogP contribution in [0.1, 0.15) is 37.0 Å². The van der Waals surface area contributed by atoms with E-state index in [4.69, 9.17) is 0 Å². The van der Waals surface area contributed by atoms with Gasteiger partial charge < -0.3 is 10.6 Å². The molecule has 1 aromatic heterocycles. The van der Waals surface area contributed by atoms with Crippen molar-refractivity contribution in [2.75, 3.05) is 18.4 Å². The number of nitrogens with one attached hydrogen (secondary N) is 2. The first-order chi connectivity index (χ1) is 8.70. The van der Waals surface area contributed by atoms with Gasteiger partial charge in [-0.2, -0.15) is 0 Å². The molecule has 1 aliphatic rings. The molecule has 2 rings (SSSR count). The van der Waals surface area contributed by atoms with Crippen LogP contribution in [0.5, 0.6) is 0 Å². The van der Waals surface area contributed by atoms with E-state index in [1.807, 2.05) is 6.92 Å². The minimum atomic E-state index is -0.0101. The lowest BCUT2D eigenvalue weighted by molar-refractivity contribution is 0.0946. The Balaban J connectivity index is 1.88. The number of pyridine rings is 1. The molecule has 0 radical (unpaired) electrons. The molecule has 98 valence electrons. The third kappa shape index (κ3) is 3.45. The van der Waals surface area contributed by atoms with E-state index in [1.54, 1.807) is 18.3 Å². The Bertz CT molecular complexity index is 415. The molecule has 1 heterocycles. The first-order valence-corrected chi connectivity index (χ1v) is 6.68. The lowest BCUT2D eigenvalue weighted by atomic mass is 10.1. The minimum absolute atomic E-state index is 0.0101. The minimum Gasteiger partial charge on any atom is -0.370 e. The number of hydrogen-bond donors (Lipinski definition) is 2. The third-order valence-corrected chi connectivity index (χ3v) is 3.39. The van der Waals surface area contributed by atoms with Gasteiger partial charge in [0.15, 0.2) is 0 Å². The highest BCUT2D eigenvalue weighted by atomic mass is 16.1. The molecular weight excluding hydrogens is 226 g/mol. The zero-order valence-electron chi connectivity index (χ0n) is 11.1. The quantitative estimate of drug-likeness (QED) is 0.811. The molecule has 0 aliphatic heterocycles. The molecule has 2 N–H and O–H groups in total. The molecular formula is C14H21N3O. The Kier molecular flexibility index (Phi) is 4.18. The van der Waals surface area contributed by atoms with E-state index >= 15 is 0 Å². The van der Waals surface area contributed by atoms with Crippen molar-refractivity contribution in [1.29, 1.82) is 0 Å². The van der Waals surface area contributed by atoms with Crippen molar-refractivity contribution in [2.45, 2.75) is 26.7 Å².